The molecular weight excluding hydrogens is 260 g/mol. The quantitative estimate of drug-likeness (QED) is 0.336. The maximum absolute atomic E-state index is 11.6. The van der Waals surface area contributed by atoms with Gasteiger partial charge in [0.05, 0.1) is 18.6 Å². The Bertz CT molecular complexity index is 488. The summed E-state index contributed by atoms with van der Waals surface area (Å²) in [6.07, 6.45) is 3.95. The predicted octanol–water partition coefficient (Wildman–Crippen LogP) is 0.673. The van der Waals surface area contributed by atoms with Gasteiger partial charge in [-0.15, -0.1) is 0 Å². The molecule has 1 heterocycles. The van der Waals surface area contributed by atoms with E-state index in [1.54, 1.807) is 12.2 Å². The van der Waals surface area contributed by atoms with Crippen molar-refractivity contribution in [3.05, 3.63) is 35.5 Å². The molecule has 3 atom stereocenters. The Kier molecular flexibility index (Phi) is 4.52. The maximum Gasteiger partial charge on any atom is 0.334 e. The van der Waals surface area contributed by atoms with Crippen LogP contribution in [0.5, 0.6) is 0 Å². The molecular formula is C15H18O5. The minimum Gasteiger partial charge on any atom is -0.454 e. The molecule has 0 aromatic carbocycles. The fraction of sp³-hybridized carbons (Fsp3) is 0.467. The van der Waals surface area contributed by atoms with Crippen molar-refractivity contribution >= 4 is 12.3 Å². The van der Waals surface area contributed by atoms with E-state index in [-0.39, 0.29) is 18.6 Å². The molecule has 20 heavy (non-hydrogen) atoms. The third-order valence-electron chi connectivity index (χ3n) is 3.75. The number of aliphatic hydroxyl groups is 2. The number of aldehydes is 1. The fourth-order valence-corrected chi connectivity index (χ4v) is 2.63. The highest BCUT2D eigenvalue weighted by Crippen LogP contribution is 2.34. The van der Waals surface area contributed by atoms with Crippen LogP contribution in [0.3, 0.4) is 0 Å². The van der Waals surface area contributed by atoms with E-state index in [9.17, 15) is 19.8 Å². The summed E-state index contributed by atoms with van der Waals surface area (Å²) in [6, 6.07) is 0. The molecule has 0 spiro atoms. The highest BCUT2D eigenvalue weighted by Gasteiger charge is 2.42. The summed E-state index contributed by atoms with van der Waals surface area (Å²) in [5.74, 6) is -1.12. The van der Waals surface area contributed by atoms with Gasteiger partial charge in [0.15, 0.2) is 0 Å². The molecule has 0 saturated carbocycles. The van der Waals surface area contributed by atoms with Crippen LogP contribution in [0.1, 0.15) is 19.3 Å². The number of carbonyl (C=O) groups is 2. The zero-order chi connectivity index (χ0) is 14.7. The number of carbonyl (C=O) groups excluding carboxylic acids is 2. The summed E-state index contributed by atoms with van der Waals surface area (Å²) in [4.78, 5) is 22.6. The molecule has 1 fully saturated rings. The van der Waals surface area contributed by atoms with E-state index < -0.39 is 24.1 Å². The SMILES string of the molecule is C=C1C(=O)O[C@@H]2/C=C(\CO)CC/C=C(\C=O)C[C@H](O)[C@@H]12. The van der Waals surface area contributed by atoms with Crippen LogP contribution >= 0.6 is 0 Å². The zero-order valence-corrected chi connectivity index (χ0v) is 11.1. The van der Waals surface area contributed by atoms with Gasteiger partial charge in [-0.25, -0.2) is 4.79 Å². The van der Waals surface area contributed by atoms with Gasteiger partial charge in [0.2, 0.25) is 0 Å². The largest absolute Gasteiger partial charge is 0.454 e. The highest BCUT2D eigenvalue weighted by molar-refractivity contribution is 5.91. The minimum atomic E-state index is -0.912. The maximum atomic E-state index is 11.6. The lowest BCUT2D eigenvalue weighted by Crippen LogP contribution is -2.29. The second-order valence-electron chi connectivity index (χ2n) is 5.11. The summed E-state index contributed by atoms with van der Waals surface area (Å²) >= 11 is 0. The van der Waals surface area contributed by atoms with Crippen molar-refractivity contribution in [1.29, 1.82) is 0 Å². The van der Waals surface area contributed by atoms with Gasteiger partial charge in [-0.3, -0.25) is 4.79 Å². The lowest BCUT2D eigenvalue weighted by molar-refractivity contribution is -0.137. The minimum absolute atomic E-state index is 0.145. The molecule has 0 amide bonds. The molecule has 1 saturated heterocycles. The molecule has 2 N–H and O–H groups in total. The van der Waals surface area contributed by atoms with E-state index in [0.717, 1.165) is 5.57 Å². The molecule has 108 valence electrons. The number of esters is 1. The topological polar surface area (TPSA) is 83.8 Å². The molecule has 0 aromatic rings. The summed E-state index contributed by atoms with van der Waals surface area (Å²) in [5.41, 5.74) is 1.42. The number of hydrogen-bond donors (Lipinski definition) is 2. The Morgan fingerprint density at radius 3 is 2.90 bits per heavy atom. The summed E-state index contributed by atoms with van der Waals surface area (Å²) in [7, 11) is 0. The lowest BCUT2D eigenvalue weighted by atomic mass is 9.85. The van der Waals surface area contributed by atoms with Gasteiger partial charge in [0.1, 0.15) is 12.4 Å². The average Bonchev–Trinajstić information content (AvgIpc) is 2.71. The van der Waals surface area contributed by atoms with Crippen LogP contribution in [0.15, 0.2) is 35.5 Å². The number of aliphatic hydroxyl groups excluding tert-OH is 2. The van der Waals surface area contributed by atoms with Crippen LogP contribution in [0.4, 0.5) is 0 Å². The molecule has 2 rings (SSSR count). The van der Waals surface area contributed by atoms with Gasteiger partial charge >= 0.3 is 5.97 Å². The standard InChI is InChI=1S/C15H18O5/c1-9-14-12(18)5-10(7-16)3-2-4-11(8-17)6-13(14)20-15(9)19/h3,6-7,12-14,17-18H,1-2,4-5,8H2/b10-3-,11-6-/t12-,13+,14+/m0/s1. The average molecular weight is 278 g/mol. The van der Waals surface area contributed by atoms with Crippen LogP contribution in [0.25, 0.3) is 0 Å². The van der Waals surface area contributed by atoms with Crippen molar-refractivity contribution in [3.63, 3.8) is 0 Å². The molecule has 5 nitrogen and oxygen atoms in total. The zero-order valence-electron chi connectivity index (χ0n) is 11.1. The van der Waals surface area contributed by atoms with Crippen molar-refractivity contribution < 1.29 is 24.5 Å². The van der Waals surface area contributed by atoms with E-state index in [0.29, 0.717) is 24.7 Å². The van der Waals surface area contributed by atoms with Crippen LogP contribution < -0.4 is 0 Å². The normalized spacial score (nSPS) is 36.2. The van der Waals surface area contributed by atoms with E-state index in [4.69, 9.17) is 4.74 Å². The smallest absolute Gasteiger partial charge is 0.334 e. The van der Waals surface area contributed by atoms with Gasteiger partial charge in [-0.2, -0.15) is 0 Å². The Balaban J connectivity index is 2.36. The van der Waals surface area contributed by atoms with Crippen molar-refractivity contribution in [2.45, 2.75) is 31.5 Å². The number of allylic oxidation sites excluding steroid dienone is 1. The first-order valence-corrected chi connectivity index (χ1v) is 6.59. The number of ether oxygens (including phenoxy) is 1. The number of fused-ring (bicyclic) bond motifs is 1. The highest BCUT2D eigenvalue weighted by atomic mass is 16.6. The number of hydrogen-bond acceptors (Lipinski definition) is 5. The first-order valence-electron chi connectivity index (χ1n) is 6.59. The van der Waals surface area contributed by atoms with Gasteiger partial charge in [0, 0.05) is 12.0 Å². The second kappa shape index (κ2) is 6.15. The van der Waals surface area contributed by atoms with Gasteiger partial charge in [-0.1, -0.05) is 12.7 Å². The summed E-state index contributed by atoms with van der Waals surface area (Å²) in [6.45, 7) is 3.52. The molecule has 5 heteroatoms. The first kappa shape index (κ1) is 14.7. The fourth-order valence-electron chi connectivity index (χ4n) is 2.63. The van der Waals surface area contributed by atoms with E-state index >= 15 is 0 Å². The van der Waals surface area contributed by atoms with Crippen LogP contribution in [-0.4, -0.2) is 41.3 Å². The lowest BCUT2D eigenvalue weighted by Gasteiger charge is -2.22. The molecule has 0 bridgehead atoms. The Labute approximate surface area is 117 Å². The Hall–Kier alpha value is -1.72. The Morgan fingerprint density at radius 1 is 1.50 bits per heavy atom. The molecule has 2 aliphatic rings. The molecule has 0 radical (unpaired) electrons. The first-order chi connectivity index (χ1) is 9.56. The monoisotopic (exact) mass is 278 g/mol. The van der Waals surface area contributed by atoms with Crippen LogP contribution in [-0.2, 0) is 14.3 Å². The molecule has 1 aliphatic carbocycles. The van der Waals surface area contributed by atoms with Crippen molar-refractivity contribution in [2.75, 3.05) is 6.61 Å². The van der Waals surface area contributed by atoms with E-state index in [2.05, 4.69) is 6.58 Å². The predicted molar refractivity (Wildman–Crippen MR) is 71.7 cm³/mol. The third kappa shape index (κ3) is 2.89. The number of rotatable bonds is 2. The molecule has 0 aromatic heterocycles. The third-order valence-corrected chi connectivity index (χ3v) is 3.75. The van der Waals surface area contributed by atoms with Crippen molar-refractivity contribution in [1.82, 2.24) is 0 Å². The van der Waals surface area contributed by atoms with Crippen molar-refractivity contribution in [2.24, 2.45) is 5.92 Å². The molecule has 0 unspecified atom stereocenters. The van der Waals surface area contributed by atoms with Gasteiger partial charge in [0.25, 0.3) is 0 Å². The summed E-state index contributed by atoms with van der Waals surface area (Å²) < 4.78 is 5.19. The van der Waals surface area contributed by atoms with Gasteiger partial charge in [-0.05, 0) is 30.1 Å². The van der Waals surface area contributed by atoms with E-state index in [1.807, 2.05) is 0 Å². The second-order valence-corrected chi connectivity index (χ2v) is 5.11. The van der Waals surface area contributed by atoms with Gasteiger partial charge < -0.3 is 14.9 Å². The van der Waals surface area contributed by atoms with Crippen LogP contribution in [0, 0.1) is 5.92 Å². The summed E-state index contributed by atoms with van der Waals surface area (Å²) in [5, 5.41) is 19.6. The van der Waals surface area contributed by atoms with E-state index in [1.165, 1.54) is 0 Å². The Morgan fingerprint density at radius 2 is 2.25 bits per heavy atom. The van der Waals surface area contributed by atoms with Crippen LogP contribution in [0.2, 0.25) is 0 Å². The van der Waals surface area contributed by atoms with Crippen molar-refractivity contribution in [3.8, 4) is 0 Å². The molecule has 1 aliphatic heterocycles.